The van der Waals surface area contributed by atoms with Crippen molar-refractivity contribution < 1.29 is 14.3 Å². The molecule has 17 heavy (non-hydrogen) atoms. The topological polar surface area (TPSA) is 47.6 Å². The maximum atomic E-state index is 11.3. The number of para-hydroxylation sites is 1. The lowest BCUT2D eigenvalue weighted by atomic mass is 10.1. The predicted molar refractivity (Wildman–Crippen MR) is 66.2 cm³/mol. The second-order valence-corrected chi connectivity index (χ2v) is 4.67. The minimum Gasteiger partial charge on any atom is -0.490 e. The van der Waals surface area contributed by atoms with Crippen LogP contribution in [0.5, 0.6) is 5.75 Å². The Morgan fingerprint density at radius 1 is 1.18 bits per heavy atom. The molecule has 0 spiro atoms. The molecule has 0 fully saturated rings. The predicted octanol–water partition coefficient (Wildman–Crippen LogP) is 2.59. The highest BCUT2D eigenvalue weighted by molar-refractivity contribution is 5.68. The summed E-state index contributed by atoms with van der Waals surface area (Å²) in [6.07, 6.45) is -0.422. The lowest BCUT2D eigenvalue weighted by Crippen LogP contribution is -2.41. The van der Waals surface area contributed by atoms with E-state index in [9.17, 15) is 4.79 Å². The van der Waals surface area contributed by atoms with Crippen LogP contribution in [0.1, 0.15) is 20.8 Å². The summed E-state index contributed by atoms with van der Waals surface area (Å²) >= 11 is 0. The fraction of sp³-hybridized carbons (Fsp3) is 0.462. The van der Waals surface area contributed by atoms with Gasteiger partial charge < -0.3 is 14.8 Å². The SMILES string of the molecule is CC(C)(C)NC(=O)OCCOc1ccccc1. The summed E-state index contributed by atoms with van der Waals surface area (Å²) in [5.41, 5.74) is -0.280. The number of ether oxygens (including phenoxy) is 2. The lowest BCUT2D eigenvalue weighted by molar-refractivity contribution is 0.118. The highest BCUT2D eigenvalue weighted by Gasteiger charge is 2.14. The Morgan fingerprint density at radius 2 is 1.82 bits per heavy atom. The maximum Gasteiger partial charge on any atom is 0.407 e. The van der Waals surface area contributed by atoms with Crippen molar-refractivity contribution in [3.63, 3.8) is 0 Å². The van der Waals surface area contributed by atoms with Gasteiger partial charge in [0.25, 0.3) is 0 Å². The van der Waals surface area contributed by atoms with Gasteiger partial charge in [-0.15, -0.1) is 0 Å². The molecule has 0 saturated heterocycles. The third-order valence-corrected chi connectivity index (χ3v) is 1.81. The molecule has 0 aliphatic rings. The molecular weight excluding hydrogens is 218 g/mol. The molecule has 1 aromatic rings. The zero-order valence-electron chi connectivity index (χ0n) is 10.5. The van der Waals surface area contributed by atoms with Gasteiger partial charge in [-0.05, 0) is 32.9 Å². The number of hydrogen-bond acceptors (Lipinski definition) is 3. The number of hydrogen-bond donors (Lipinski definition) is 1. The summed E-state index contributed by atoms with van der Waals surface area (Å²) in [7, 11) is 0. The minimum absolute atomic E-state index is 0.233. The van der Waals surface area contributed by atoms with E-state index in [1.807, 2.05) is 51.1 Å². The number of alkyl carbamates (subject to hydrolysis) is 1. The van der Waals surface area contributed by atoms with Gasteiger partial charge in [-0.3, -0.25) is 0 Å². The monoisotopic (exact) mass is 237 g/mol. The van der Waals surface area contributed by atoms with Crippen LogP contribution in [0.2, 0.25) is 0 Å². The number of carbonyl (C=O) groups excluding carboxylic acids is 1. The van der Waals surface area contributed by atoms with Gasteiger partial charge in [0.15, 0.2) is 0 Å². The van der Waals surface area contributed by atoms with Crippen molar-refractivity contribution in [1.82, 2.24) is 5.32 Å². The third-order valence-electron chi connectivity index (χ3n) is 1.81. The average Bonchev–Trinajstić information content (AvgIpc) is 2.23. The number of amides is 1. The fourth-order valence-electron chi connectivity index (χ4n) is 1.15. The largest absolute Gasteiger partial charge is 0.490 e. The number of rotatable bonds is 4. The zero-order valence-corrected chi connectivity index (χ0v) is 10.5. The molecular formula is C13H19NO3. The molecule has 1 N–H and O–H groups in total. The average molecular weight is 237 g/mol. The lowest BCUT2D eigenvalue weighted by Gasteiger charge is -2.19. The summed E-state index contributed by atoms with van der Waals surface area (Å²) in [5, 5.41) is 2.70. The summed E-state index contributed by atoms with van der Waals surface area (Å²) in [6, 6.07) is 9.41. The van der Waals surface area contributed by atoms with Crippen LogP contribution in [0.25, 0.3) is 0 Å². The first kappa shape index (κ1) is 13.4. The van der Waals surface area contributed by atoms with E-state index in [2.05, 4.69) is 5.32 Å². The summed E-state index contributed by atoms with van der Waals surface area (Å²) in [5.74, 6) is 0.771. The number of carbonyl (C=O) groups is 1. The second-order valence-electron chi connectivity index (χ2n) is 4.67. The quantitative estimate of drug-likeness (QED) is 0.819. The van der Waals surface area contributed by atoms with E-state index in [4.69, 9.17) is 9.47 Å². The van der Waals surface area contributed by atoms with E-state index in [1.165, 1.54) is 0 Å². The van der Waals surface area contributed by atoms with E-state index in [0.29, 0.717) is 6.61 Å². The van der Waals surface area contributed by atoms with Crippen LogP contribution in [0.15, 0.2) is 30.3 Å². The van der Waals surface area contributed by atoms with Gasteiger partial charge in [0.1, 0.15) is 19.0 Å². The van der Waals surface area contributed by atoms with Gasteiger partial charge in [0, 0.05) is 5.54 Å². The smallest absolute Gasteiger partial charge is 0.407 e. The van der Waals surface area contributed by atoms with Gasteiger partial charge in [-0.25, -0.2) is 4.79 Å². The molecule has 4 heteroatoms. The Kier molecular flexibility index (Phi) is 4.82. The van der Waals surface area contributed by atoms with Crippen molar-refractivity contribution >= 4 is 6.09 Å². The molecule has 0 unspecified atom stereocenters. The third kappa shape index (κ3) is 6.45. The van der Waals surface area contributed by atoms with Crippen LogP contribution >= 0.6 is 0 Å². The molecule has 1 rings (SSSR count). The van der Waals surface area contributed by atoms with Crippen LogP contribution in [0.3, 0.4) is 0 Å². The van der Waals surface area contributed by atoms with E-state index in [-0.39, 0.29) is 12.1 Å². The molecule has 94 valence electrons. The van der Waals surface area contributed by atoms with E-state index < -0.39 is 6.09 Å². The van der Waals surface area contributed by atoms with Crippen LogP contribution in [0.4, 0.5) is 4.79 Å². The van der Waals surface area contributed by atoms with Crippen molar-refractivity contribution in [2.45, 2.75) is 26.3 Å². The maximum absolute atomic E-state index is 11.3. The standard InChI is InChI=1S/C13H19NO3/c1-13(2,3)14-12(15)17-10-9-16-11-7-5-4-6-8-11/h4-8H,9-10H2,1-3H3,(H,14,15). The molecule has 0 bridgehead atoms. The molecule has 1 amide bonds. The number of benzene rings is 1. The van der Waals surface area contributed by atoms with Crippen molar-refractivity contribution in [2.75, 3.05) is 13.2 Å². The van der Waals surface area contributed by atoms with Gasteiger partial charge in [-0.1, -0.05) is 18.2 Å². The van der Waals surface area contributed by atoms with Crippen LogP contribution in [0, 0.1) is 0 Å². The second kappa shape index (κ2) is 6.13. The van der Waals surface area contributed by atoms with Crippen molar-refractivity contribution in [1.29, 1.82) is 0 Å². The first-order valence-electron chi connectivity index (χ1n) is 5.60. The van der Waals surface area contributed by atoms with Gasteiger partial charge in [0.05, 0.1) is 0 Å². The molecule has 0 aliphatic heterocycles. The van der Waals surface area contributed by atoms with E-state index in [0.717, 1.165) is 5.75 Å². The van der Waals surface area contributed by atoms with Crippen molar-refractivity contribution in [2.24, 2.45) is 0 Å². The summed E-state index contributed by atoms with van der Waals surface area (Å²) < 4.78 is 10.3. The van der Waals surface area contributed by atoms with Crippen molar-refractivity contribution in [3.05, 3.63) is 30.3 Å². The molecule has 1 aromatic carbocycles. The molecule has 0 radical (unpaired) electrons. The molecule has 0 aromatic heterocycles. The first-order valence-corrected chi connectivity index (χ1v) is 5.60. The van der Waals surface area contributed by atoms with E-state index >= 15 is 0 Å². The van der Waals surface area contributed by atoms with Gasteiger partial charge in [0.2, 0.25) is 0 Å². The zero-order chi connectivity index (χ0) is 12.7. The van der Waals surface area contributed by atoms with Crippen LogP contribution < -0.4 is 10.1 Å². The Labute approximate surface area is 102 Å². The fourth-order valence-corrected chi connectivity index (χ4v) is 1.15. The molecule has 0 atom stereocenters. The highest BCUT2D eigenvalue weighted by atomic mass is 16.6. The Bertz CT molecular complexity index is 343. The summed E-state index contributed by atoms with van der Waals surface area (Å²) in [6.45, 7) is 6.27. The first-order chi connectivity index (χ1) is 7.97. The van der Waals surface area contributed by atoms with E-state index in [1.54, 1.807) is 0 Å². The van der Waals surface area contributed by atoms with Crippen LogP contribution in [-0.2, 0) is 4.74 Å². The molecule has 4 nitrogen and oxygen atoms in total. The Morgan fingerprint density at radius 3 is 2.41 bits per heavy atom. The summed E-state index contributed by atoms with van der Waals surface area (Å²) in [4.78, 5) is 11.3. The Hall–Kier alpha value is -1.71. The van der Waals surface area contributed by atoms with Crippen molar-refractivity contribution in [3.8, 4) is 5.75 Å². The minimum atomic E-state index is -0.422. The van der Waals surface area contributed by atoms with Gasteiger partial charge in [-0.2, -0.15) is 0 Å². The highest BCUT2D eigenvalue weighted by Crippen LogP contribution is 2.07. The number of nitrogens with one attached hydrogen (secondary N) is 1. The molecule has 0 saturated carbocycles. The molecule has 0 aliphatic carbocycles. The normalized spacial score (nSPS) is 10.8. The van der Waals surface area contributed by atoms with Crippen LogP contribution in [-0.4, -0.2) is 24.8 Å². The van der Waals surface area contributed by atoms with Gasteiger partial charge >= 0.3 is 6.09 Å². The Balaban J connectivity index is 2.14. The molecule has 0 heterocycles.